The van der Waals surface area contributed by atoms with Crippen LogP contribution in [0.15, 0.2) is 0 Å². The Morgan fingerprint density at radius 3 is 2.20 bits per heavy atom. The Labute approximate surface area is 119 Å². The van der Waals surface area contributed by atoms with Gasteiger partial charge in [0.2, 0.25) is 11.8 Å². The van der Waals surface area contributed by atoms with Gasteiger partial charge in [-0.05, 0) is 19.3 Å². The van der Waals surface area contributed by atoms with Gasteiger partial charge < -0.3 is 15.3 Å². The number of rotatable bonds is 5. The van der Waals surface area contributed by atoms with E-state index in [1.165, 1.54) is 0 Å². The number of hydrogen-bond donors (Lipinski definition) is 2. The van der Waals surface area contributed by atoms with E-state index in [0.717, 1.165) is 0 Å². The minimum atomic E-state index is -1.01. The van der Waals surface area contributed by atoms with E-state index in [9.17, 15) is 14.4 Å². The maximum atomic E-state index is 12.0. The average molecular weight is 284 g/mol. The van der Waals surface area contributed by atoms with Gasteiger partial charge in [-0.2, -0.15) is 0 Å². The zero-order chi connectivity index (χ0) is 15.3. The van der Waals surface area contributed by atoms with Crippen LogP contribution in [0, 0.1) is 11.8 Å². The third-order valence-electron chi connectivity index (χ3n) is 3.69. The Morgan fingerprint density at radius 1 is 1.25 bits per heavy atom. The molecule has 0 spiro atoms. The monoisotopic (exact) mass is 284 g/mol. The van der Waals surface area contributed by atoms with Crippen molar-refractivity contribution in [3.63, 3.8) is 0 Å². The number of carboxylic acid groups (broad SMARTS) is 1. The molecule has 2 N–H and O–H groups in total. The highest BCUT2D eigenvalue weighted by Crippen LogP contribution is 2.19. The molecule has 1 rings (SSSR count). The fourth-order valence-electron chi connectivity index (χ4n) is 2.36. The molecule has 114 valence electrons. The van der Waals surface area contributed by atoms with Crippen LogP contribution in [-0.4, -0.2) is 46.9 Å². The minimum absolute atomic E-state index is 0.0307. The second kappa shape index (κ2) is 7.26. The zero-order valence-electron chi connectivity index (χ0n) is 12.4. The summed E-state index contributed by atoms with van der Waals surface area (Å²) in [5, 5.41) is 11.5. The molecule has 1 saturated heterocycles. The quantitative estimate of drug-likeness (QED) is 0.784. The van der Waals surface area contributed by atoms with Crippen molar-refractivity contribution in [3.8, 4) is 0 Å². The lowest BCUT2D eigenvalue weighted by atomic mass is 9.94. The van der Waals surface area contributed by atoms with Crippen LogP contribution in [0.4, 0.5) is 0 Å². The van der Waals surface area contributed by atoms with Crippen molar-refractivity contribution in [2.24, 2.45) is 11.8 Å². The molecule has 0 bridgehead atoms. The van der Waals surface area contributed by atoms with Gasteiger partial charge in [0.25, 0.3) is 0 Å². The number of carbonyl (C=O) groups is 3. The lowest BCUT2D eigenvalue weighted by molar-refractivity contribution is -0.143. The first kappa shape index (κ1) is 16.5. The Kier molecular flexibility index (Phi) is 5.98. The van der Waals surface area contributed by atoms with Gasteiger partial charge in [0.05, 0.1) is 0 Å². The third kappa shape index (κ3) is 4.21. The van der Waals surface area contributed by atoms with Crippen molar-refractivity contribution >= 4 is 17.8 Å². The van der Waals surface area contributed by atoms with Gasteiger partial charge in [0.15, 0.2) is 0 Å². The number of nitrogens with zero attached hydrogens (tertiary/aromatic N) is 1. The predicted octanol–water partition coefficient (Wildman–Crippen LogP) is 0.860. The summed E-state index contributed by atoms with van der Waals surface area (Å²) in [6.07, 6.45) is 1.56. The van der Waals surface area contributed by atoms with Crippen LogP contribution in [-0.2, 0) is 14.4 Å². The molecule has 0 aromatic heterocycles. The number of carbonyl (C=O) groups excluding carboxylic acids is 2. The summed E-state index contributed by atoms with van der Waals surface area (Å²) in [5.41, 5.74) is 0. The van der Waals surface area contributed by atoms with Gasteiger partial charge >= 0.3 is 5.97 Å². The van der Waals surface area contributed by atoms with E-state index in [4.69, 9.17) is 5.11 Å². The molecule has 6 nitrogen and oxygen atoms in total. The zero-order valence-corrected chi connectivity index (χ0v) is 12.4. The largest absolute Gasteiger partial charge is 0.480 e. The maximum absolute atomic E-state index is 12.0. The van der Waals surface area contributed by atoms with Crippen molar-refractivity contribution in [2.45, 2.75) is 46.1 Å². The van der Waals surface area contributed by atoms with E-state index in [1.807, 2.05) is 13.8 Å². The molecule has 1 fully saturated rings. The lowest BCUT2D eigenvalue weighted by Gasteiger charge is -2.32. The van der Waals surface area contributed by atoms with E-state index in [2.05, 4.69) is 5.32 Å². The van der Waals surface area contributed by atoms with Crippen molar-refractivity contribution < 1.29 is 19.5 Å². The molecular weight excluding hydrogens is 260 g/mol. The average Bonchev–Trinajstić information content (AvgIpc) is 2.43. The minimum Gasteiger partial charge on any atom is -0.480 e. The number of carboxylic acids is 1. The van der Waals surface area contributed by atoms with Gasteiger partial charge in [0.1, 0.15) is 6.04 Å². The standard InChI is InChI=1S/C14H24N2O4/c1-4-11(14(19)20)15-12(17)10-5-7-16(8-6-10)13(18)9(2)3/h9-11H,4-8H2,1-3H3,(H,15,17)(H,19,20). The first-order valence-corrected chi connectivity index (χ1v) is 7.18. The van der Waals surface area contributed by atoms with E-state index < -0.39 is 12.0 Å². The van der Waals surface area contributed by atoms with Gasteiger partial charge in [-0.15, -0.1) is 0 Å². The molecule has 0 radical (unpaired) electrons. The van der Waals surface area contributed by atoms with Crippen LogP contribution >= 0.6 is 0 Å². The summed E-state index contributed by atoms with van der Waals surface area (Å²) in [5.74, 6) is -1.33. The number of amides is 2. The van der Waals surface area contributed by atoms with Gasteiger partial charge in [-0.1, -0.05) is 20.8 Å². The van der Waals surface area contributed by atoms with E-state index in [0.29, 0.717) is 32.4 Å². The molecule has 1 unspecified atom stereocenters. The summed E-state index contributed by atoms with van der Waals surface area (Å²) in [6.45, 7) is 6.58. The van der Waals surface area contributed by atoms with Crippen molar-refractivity contribution in [2.75, 3.05) is 13.1 Å². The molecule has 1 atom stereocenters. The molecule has 1 aliphatic heterocycles. The molecule has 2 amide bonds. The number of nitrogens with one attached hydrogen (secondary N) is 1. The molecular formula is C14H24N2O4. The smallest absolute Gasteiger partial charge is 0.326 e. The predicted molar refractivity (Wildman–Crippen MR) is 74.0 cm³/mol. The number of likely N-dealkylation sites (tertiary alicyclic amines) is 1. The summed E-state index contributed by atoms with van der Waals surface area (Å²) in [4.78, 5) is 36.5. The van der Waals surface area contributed by atoms with Gasteiger partial charge in [-0.3, -0.25) is 9.59 Å². The third-order valence-corrected chi connectivity index (χ3v) is 3.69. The molecule has 1 aliphatic rings. The van der Waals surface area contributed by atoms with Crippen molar-refractivity contribution in [3.05, 3.63) is 0 Å². The van der Waals surface area contributed by atoms with Crippen LogP contribution in [0.25, 0.3) is 0 Å². The molecule has 0 saturated carbocycles. The first-order valence-electron chi connectivity index (χ1n) is 7.18. The molecule has 1 heterocycles. The van der Waals surface area contributed by atoms with Crippen LogP contribution in [0.3, 0.4) is 0 Å². The maximum Gasteiger partial charge on any atom is 0.326 e. The van der Waals surface area contributed by atoms with Crippen LogP contribution in [0.5, 0.6) is 0 Å². The Bertz CT molecular complexity index is 373. The molecule has 6 heteroatoms. The lowest BCUT2D eigenvalue weighted by Crippen LogP contribution is -2.47. The van der Waals surface area contributed by atoms with Gasteiger partial charge in [-0.25, -0.2) is 4.79 Å². The first-order chi connectivity index (χ1) is 9.36. The molecule has 20 heavy (non-hydrogen) atoms. The topological polar surface area (TPSA) is 86.7 Å². The summed E-state index contributed by atoms with van der Waals surface area (Å²) < 4.78 is 0. The van der Waals surface area contributed by atoms with Gasteiger partial charge in [0, 0.05) is 24.9 Å². The Balaban J connectivity index is 2.47. The molecule has 0 aromatic carbocycles. The fraction of sp³-hybridized carbons (Fsp3) is 0.786. The normalized spacial score (nSPS) is 17.9. The molecule has 0 aromatic rings. The highest BCUT2D eigenvalue weighted by atomic mass is 16.4. The Morgan fingerprint density at radius 2 is 1.80 bits per heavy atom. The highest BCUT2D eigenvalue weighted by molar-refractivity contribution is 5.85. The second-order valence-electron chi connectivity index (χ2n) is 5.56. The summed E-state index contributed by atoms with van der Waals surface area (Å²) in [6, 6.07) is -0.821. The summed E-state index contributed by atoms with van der Waals surface area (Å²) in [7, 11) is 0. The van der Waals surface area contributed by atoms with E-state index in [1.54, 1.807) is 11.8 Å². The fourth-order valence-corrected chi connectivity index (χ4v) is 2.36. The van der Waals surface area contributed by atoms with Crippen LogP contribution < -0.4 is 5.32 Å². The Hall–Kier alpha value is -1.59. The van der Waals surface area contributed by atoms with E-state index >= 15 is 0 Å². The second-order valence-corrected chi connectivity index (χ2v) is 5.56. The van der Waals surface area contributed by atoms with Crippen LogP contribution in [0.1, 0.15) is 40.0 Å². The van der Waals surface area contributed by atoms with Crippen molar-refractivity contribution in [1.82, 2.24) is 10.2 Å². The number of piperidine rings is 1. The number of hydrogen-bond acceptors (Lipinski definition) is 3. The summed E-state index contributed by atoms with van der Waals surface area (Å²) >= 11 is 0. The highest BCUT2D eigenvalue weighted by Gasteiger charge is 2.30. The molecule has 0 aliphatic carbocycles. The SMILES string of the molecule is CCC(NC(=O)C1CCN(C(=O)C(C)C)CC1)C(=O)O. The number of aliphatic carboxylic acids is 1. The van der Waals surface area contributed by atoms with E-state index in [-0.39, 0.29) is 23.7 Å². The van der Waals surface area contributed by atoms with Crippen molar-refractivity contribution in [1.29, 1.82) is 0 Å². The van der Waals surface area contributed by atoms with Crippen LogP contribution in [0.2, 0.25) is 0 Å².